The van der Waals surface area contributed by atoms with E-state index in [1.165, 1.54) is 0 Å². The zero-order valence-corrected chi connectivity index (χ0v) is 23.2. The van der Waals surface area contributed by atoms with Gasteiger partial charge in [-0.1, -0.05) is 60.7 Å². The predicted octanol–water partition coefficient (Wildman–Crippen LogP) is 3.24. The van der Waals surface area contributed by atoms with Gasteiger partial charge in [-0.2, -0.15) is 0 Å². The number of anilines is 1. The number of nitrogens with two attached hydrogens (primary N) is 1. The molecule has 40 heavy (non-hydrogen) atoms. The molecule has 6 N–H and O–H groups in total. The molecule has 2 amide bonds. The molecule has 2 aliphatic rings. The van der Waals surface area contributed by atoms with E-state index in [2.05, 4.69) is 15.6 Å². The number of hydrogen-bond acceptors (Lipinski definition) is 8. The third kappa shape index (κ3) is 7.14. The highest BCUT2D eigenvalue weighted by Gasteiger charge is 2.42. The molecule has 0 unspecified atom stereocenters. The Morgan fingerprint density at radius 2 is 1.68 bits per heavy atom. The normalized spacial score (nSPS) is 17.7. The summed E-state index contributed by atoms with van der Waals surface area (Å²) in [5.74, 6) is 0.594. The summed E-state index contributed by atoms with van der Waals surface area (Å²) in [6.45, 7) is 5.70. The van der Waals surface area contributed by atoms with Crippen LogP contribution in [0.25, 0.3) is 0 Å². The zero-order valence-electron chi connectivity index (χ0n) is 23.2. The van der Waals surface area contributed by atoms with Crippen molar-refractivity contribution in [1.82, 2.24) is 20.2 Å². The zero-order chi connectivity index (χ0) is 28.5. The van der Waals surface area contributed by atoms with E-state index in [1.54, 1.807) is 4.90 Å². The number of benzene rings is 2. The van der Waals surface area contributed by atoms with Crippen LogP contribution in [0.3, 0.4) is 0 Å². The van der Waals surface area contributed by atoms with Crippen LogP contribution in [0.2, 0.25) is 0 Å². The molecule has 2 aromatic carbocycles. The number of aromatic nitrogens is 2. The molecule has 1 saturated heterocycles. The Kier molecular flexibility index (Phi) is 10.1. The molecule has 1 fully saturated rings. The van der Waals surface area contributed by atoms with Crippen molar-refractivity contribution < 1.29 is 19.7 Å². The third-order valence-corrected chi connectivity index (χ3v) is 7.42. The van der Waals surface area contributed by atoms with Gasteiger partial charge in [-0.15, -0.1) is 0 Å². The molecule has 0 bridgehead atoms. The second-order valence-corrected chi connectivity index (χ2v) is 10.5. The lowest BCUT2D eigenvalue weighted by Gasteiger charge is -2.33. The van der Waals surface area contributed by atoms with E-state index in [0.29, 0.717) is 18.5 Å². The molecule has 2 atom stereocenters. The van der Waals surface area contributed by atoms with Crippen molar-refractivity contribution in [1.29, 1.82) is 0 Å². The molecule has 214 valence electrons. The fourth-order valence-electron chi connectivity index (χ4n) is 4.91. The van der Waals surface area contributed by atoms with Gasteiger partial charge in [0.2, 0.25) is 5.95 Å². The largest absolute Gasteiger partial charge is 0.394 e. The average Bonchev–Trinajstić information content (AvgIpc) is 3.26. The fraction of sp³-hybridized carbons (Fsp3) is 0.433. The van der Waals surface area contributed by atoms with Crippen LogP contribution in [0.15, 0.2) is 66.9 Å². The Morgan fingerprint density at radius 1 is 1.05 bits per heavy atom. The molecule has 0 spiro atoms. The van der Waals surface area contributed by atoms with Crippen LogP contribution in [0.1, 0.15) is 61.2 Å². The summed E-state index contributed by atoms with van der Waals surface area (Å²) in [4.78, 5) is 24.0. The Labute approximate surface area is 235 Å². The van der Waals surface area contributed by atoms with Gasteiger partial charge >= 0.3 is 6.03 Å². The van der Waals surface area contributed by atoms with Crippen LogP contribution >= 0.6 is 0 Å². The molecule has 3 heterocycles. The van der Waals surface area contributed by atoms with Gasteiger partial charge in [0.1, 0.15) is 0 Å². The smallest absolute Gasteiger partial charge is 0.319 e. The lowest BCUT2D eigenvalue weighted by molar-refractivity contribution is 0.0903. The monoisotopic (exact) mass is 548 g/mol. The summed E-state index contributed by atoms with van der Waals surface area (Å²) >= 11 is 0. The number of urea groups is 1. The van der Waals surface area contributed by atoms with E-state index in [0.717, 1.165) is 48.4 Å². The Balaban J connectivity index is 0.000000312. The van der Waals surface area contributed by atoms with E-state index < -0.39 is 11.6 Å². The molecule has 0 aliphatic carbocycles. The number of aliphatic hydroxyl groups excluding tert-OH is 2. The maximum Gasteiger partial charge on any atom is 0.319 e. The first-order valence-electron chi connectivity index (χ1n) is 13.7. The highest BCUT2D eigenvalue weighted by molar-refractivity contribution is 5.77. The topological polar surface area (TPSA) is 146 Å². The van der Waals surface area contributed by atoms with Crippen LogP contribution in [0.5, 0.6) is 0 Å². The first kappa shape index (κ1) is 29.4. The molecule has 10 heteroatoms. The fourth-order valence-corrected chi connectivity index (χ4v) is 4.91. The molecule has 3 aromatic rings. The lowest BCUT2D eigenvalue weighted by Crippen LogP contribution is -2.47. The van der Waals surface area contributed by atoms with Gasteiger partial charge in [-0.05, 0) is 37.8 Å². The number of hydrogen-bond donors (Lipinski definition) is 5. The number of aliphatic hydroxyl groups is 2. The van der Waals surface area contributed by atoms with Gasteiger partial charge in [0, 0.05) is 31.0 Å². The van der Waals surface area contributed by atoms with Gasteiger partial charge in [-0.3, -0.25) is 0 Å². The number of nitrogens with zero attached hydrogens (tertiary/aromatic N) is 3. The van der Waals surface area contributed by atoms with Crippen LogP contribution in [-0.4, -0.2) is 63.6 Å². The molecule has 0 radical (unpaired) electrons. The van der Waals surface area contributed by atoms with Crippen LogP contribution in [-0.2, 0) is 16.8 Å². The summed E-state index contributed by atoms with van der Waals surface area (Å²) in [6.07, 6.45) is 3.68. The Hall–Kier alpha value is -3.57. The average molecular weight is 549 g/mol. The number of amides is 2. The minimum Gasteiger partial charge on any atom is -0.394 e. The van der Waals surface area contributed by atoms with Crippen molar-refractivity contribution >= 4 is 12.0 Å². The van der Waals surface area contributed by atoms with Crippen molar-refractivity contribution in [3.63, 3.8) is 0 Å². The number of rotatable bonds is 7. The first-order valence-corrected chi connectivity index (χ1v) is 13.7. The highest BCUT2D eigenvalue weighted by Crippen LogP contribution is 2.38. The molecule has 2 aliphatic heterocycles. The molecular formula is C30H40N6O4. The Morgan fingerprint density at radius 3 is 2.27 bits per heavy atom. The summed E-state index contributed by atoms with van der Waals surface area (Å²) in [6, 6.07) is 18.4. The van der Waals surface area contributed by atoms with Gasteiger partial charge in [0.15, 0.2) is 0 Å². The lowest BCUT2D eigenvalue weighted by atomic mass is 9.97. The second kappa shape index (κ2) is 13.7. The summed E-state index contributed by atoms with van der Waals surface area (Å²) < 4.78 is 5.40. The molecular weight excluding hydrogens is 508 g/mol. The number of fused-ring (bicyclic) bond motifs is 1. The van der Waals surface area contributed by atoms with E-state index in [9.17, 15) is 9.90 Å². The number of nitrogens with one attached hydrogen (secondary N) is 2. The number of ether oxygens (including phenoxy) is 1. The van der Waals surface area contributed by atoms with E-state index in [-0.39, 0.29) is 25.3 Å². The van der Waals surface area contributed by atoms with Gasteiger partial charge in [0.05, 0.1) is 43.1 Å². The van der Waals surface area contributed by atoms with Crippen LogP contribution in [0, 0.1) is 0 Å². The number of carbonyl (C=O) groups is 1. The summed E-state index contributed by atoms with van der Waals surface area (Å²) in [5, 5.41) is 24.8. The highest BCUT2D eigenvalue weighted by atomic mass is 16.5. The minimum atomic E-state index is -0.548. The van der Waals surface area contributed by atoms with Gasteiger partial charge in [0.25, 0.3) is 0 Å². The molecule has 1 aromatic heterocycles. The van der Waals surface area contributed by atoms with E-state index in [4.69, 9.17) is 20.6 Å². The SMILES string of the molecule is CC1(C)c2cnc(NC3CCOCC3)nc2CN1C(=O)N[C@H](CO)c1ccccc1.N[C@H](CO)c1ccccc1. The minimum absolute atomic E-state index is 0.00398. The van der Waals surface area contributed by atoms with Crippen LogP contribution in [0.4, 0.5) is 10.7 Å². The van der Waals surface area contributed by atoms with Gasteiger partial charge < -0.3 is 36.2 Å². The van der Waals surface area contributed by atoms with Crippen molar-refractivity contribution in [3.05, 3.63) is 89.2 Å². The Bertz CT molecular complexity index is 1220. The number of carbonyl (C=O) groups excluding carboxylic acids is 1. The molecule has 0 saturated carbocycles. The van der Waals surface area contributed by atoms with E-state index in [1.807, 2.05) is 80.7 Å². The van der Waals surface area contributed by atoms with Crippen LogP contribution < -0.4 is 16.4 Å². The summed E-state index contributed by atoms with van der Waals surface area (Å²) in [7, 11) is 0. The van der Waals surface area contributed by atoms with Crippen molar-refractivity contribution in [2.75, 3.05) is 31.7 Å². The first-order chi connectivity index (χ1) is 19.3. The third-order valence-electron chi connectivity index (χ3n) is 7.42. The quantitative estimate of drug-likeness (QED) is 0.303. The van der Waals surface area contributed by atoms with Crippen molar-refractivity contribution in [2.45, 2.75) is 56.9 Å². The standard InChI is InChI=1S/C22H29N5O3.C8H11NO/c1-22(2)17-12-23-20(24-16-8-10-30-11-9-16)25-18(17)13-27(22)21(29)26-19(14-28)15-6-4-3-5-7-15;9-8(6-10)7-4-2-1-3-5-7/h3-7,12,16,19,28H,8-11,13-14H2,1-2H3,(H,26,29)(H,23,24,25);1-5,8,10H,6,9H2/t19-;8-/m11/s1. The summed E-state index contributed by atoms with van der Waals surface area (Å²) in [5.41, 5.74) is 8.63. The maximum atomic E-state index is 13.1. The second-order valence-electron chi connectivity index (χ2n) is 10.5. The predicted molar refractivity (Wildman–Crippen MR) is 153 cm³/mol. The van der Waals surface area contributed by atoms with E-state index >= 15 is 0 Å². The van der Waals surface area contributed by atoms with Crippen molar-refractivity contribution in [3.8, 4) is 0 Å². The van der Waals surface area contributed by atoms with Gasteiger partial charge in [-0.25, -0.2) is 14.8 Å². The maximum absolute atomic E-state index is 13.1. The van der Waals surface area contributed by atoms with Crippen molar-refractivity contribution in [2.24, 2.45) is 5.73 Å². The molecule has 10 nitrogen and oxygen atoms in total. The molecule has 5 rings (SSSR count).